The number of carbonyl (C=O) groups excluding carboxylic acids is 2. The molecule has 0 aliphatic heterocycles. The summed E-state index contributed by atoms with van der Waals surface area (Å²) in [5.74, 6) is 0.819. The van der Waals surface area contributed by atoms with Crippen LogP contribution in [0.5, 0.6) is 0 Å². The van der Waals surface area contributed by atoms with E-state index in [0.29, 0.717) is 37.1 Å². The Bertz CT molecular complexity index is 1150. The Labute approximate surface area is 257 Å². The number of allylic oxidation sites excluding steroid dienone is 3. The molecular formula is C36H49FO4S. The number of Topliss-reactive ketones (excluding diaryl/α,β-unsaturated/α-hetero) is 1. The van der Waals surface area contributed by atoms with Gasteiger partial charge in [-0.3, -0.25) is 4.79 Å². The van der Waals surface area contributed by atoms with Gasteiger partial charge in [0, 0.05) is 11.9 Å². The summed E-state index contributed by atoms with van der Waals surface area (Å²) in [6.45, 7) is 17.7. The van der Waals surface area contributed by atoms with Crippen LogP contribution in [0.1, 0.15) is 85.7 Å². The second-order valence-electron chi connectivity index (χ2n) is 10.5. The molecule has 2 aromatic carbocycles. The molecule has 0 saturated heterocycles. The van der Waals surface area contributed by atoms with Crippen molar-refractivity contribution in [3.8, 4) is 0 Å². The van der Waals surface area contributed by atoms with Gasteiger partial charge >= 0.3 is 5.97 Å². The van der Waals surface area contributed by atoms with Gasteiger partial charge < -0.3 is 9.47 Å². The van der Waals surface area contributed by atoms with Crippen molar-refractivity contribution in [3.05, 3.63) is 107 Å². The predicted octanol–water partition coefficient (Wildman–Crippen LogP) is 9.57. The number of thioether (sulfide) groups is 1. The van der Waals surface area contributed by atoms with E-state index >= 15 is 0 Å². The van der Waals surface area contributed by atoms with Crippen molar-refractivity contribution in [2.75, 3.05) is 25.6 Å². The van der Waals surface area contributed by atoms with Crippen molar-refractivity contribution in [1.29, 1.82) is 0 Å². The first-order valence-electron chi connectivity index (χ1n) is 14.7. The van der Waals surface area contributed by atoms with E-state index in [1.54, 1.807) is 30.8 Å². The van der Waals surface area contributed by atoms with Crippen molar-refractivity contribution in [1.82, 2.24) is 0 Å². The van der Waals surface area contributed by atoms with Gasteiger partial charge in [0.2, 0.25) is 0 Å². The molecule has 0 saturated carbocycles. The van der Waals surface area contributed by atoms with Crippen molar-refractivity contribution in [3.63, 3.8) is 0 Å². The zero-order valence-electron chi connectivity index (χ0n) is 26.3. The summed E-state index contributed by atoms with van der Waals surface area (Å²) in [4.78, 5) is 22.8. The van der Waals surface area contributed by atoms with Gasteiger partial charge in [-0.25, -0.2) is 9.18 Å². The van der Waals surface area contributed by atoms with Crippen LogP contribution in [-0.2, 0) is 14.3 Å². The van der Waals surface area contributed by atoms with Crippen molar-refractivity contribution >= 4 is 23.5 Å². The Hall–Kier alpha value is -2.96. The molecule has 2 atom stereocenters. The summed E-state index contributed by atoms with van der Waals surface area (Å²) in [6.07, 6.45) is 12.2. The number of benzene rings is 2. The molecule has 0 fully saturated rings. The van der Waals surface area contributed by atoms with Crippen LogP contribution in [0.2, 0.25) is 0 Å². The molecule has 0 N–H and O–H groups in total. The first kappa shape index (κ1) is 37.1. The average Bonchev–Trinajstić information content (AvgIpc) is 2.97. The molecule has 6 heteroatoms. The van der Waals surface area contributed by atoms with Gasteiger partial charge in [-0.2, -0.15) is 0 Å². The Morgan fingerprint density at radius 3 is 2.31 bits per heavy atom. The van der Waals surface area contributed by atoms with E-state index in [0.717, 1.165) is 42.4 Å². The van der Waals surface area contributed by atoms with Gasteiger partial charge in [0.25, 0.3) is 0 Å². The maximum Gasteiger partial charge on any atom is 0.338 e. The third-order valence-electron chi connectivity index (χ3n) is 6.60. The van der Waals surface area contributed by atoms with Gasteiger partial charge in [0.1, 0.15) is 11.6 Å². The molecule has 0 aromatic heterocycles. The fourth-order valence-electron chi connectivity index (χ4n) is 3.50. The smallest absolute Gasteiger partial charge is 0.338 e. The number of unbranched alkanes of at least 4 members (excludes halogenated alkanes) is 2. The number of ether oxygens (including phenoxy) is 2. The third kappa shape index (κ3) is 17.1. The van der Waals surface area contributed by atoms with Crippen LogP contribution in [0.15, 0.2) is 78.9 Å². The van der Waals surface area contributed by atoms with Crippen LogP contribution >= 0.6 is 11.8 Å². The van der Waals surface area contributed by atoms with Gasteiger partial charge in [0.15, 0.2) is 0 Å². The second-order valence-corrected chi connectivity index (χ2v) is 11.9. The number of hydrogen-bond acceptors (Lipinski definition) is 5. The minimum atomic E-state index is -0.246. The van der Waals surface area contributed by atoms with E-state index < -0.39 is 0 Å². The topological polar surface area (TPSA) is 52.6 Å². The first-order valence-corrected chi connectivity index (χ1v) is 15.8. The maximum absolute atomic E-state index is 12.6. The Morgan fingerprint density at radius 2 is 1.67 bits per heavy atom. The molecule has 0 amide bonds. The van der Waals surface area contributed by atoms with Crippen molar-refractivity contribution in [2.24, 2.45) is 5.92 Å². The van der Waals surface area contributed by atoms with Crippen LogP contribution in [0.4, 0.5) is 4.39 Å². The van der Waals surface area contributed by atoms with E-state index in [-0.39, 0.29) is 22.8 Å². The van der Waals surface area contributed by atoms with Gasteiger partial charge in [-0.05, 0) is 99.4 Å². The number of hydrogen-bond donors (Lipinski definition) is 0. The van der Waals surface area contributed by atoms with E-state index in [4.69, 9.17) is 9.47 Å². The lowest BCUT2D eigenvalue weighted by atomic mass is 10.1. The number of aryl methyl sites for hydroxylation is 2. The average molecular weight is 597 g/mol. The van der Waals surface area contributed by atoms with Gasteiger partial charge in [0.05, 0.1) is 24.5 Å². The second kappa shape index (κ2) is 21.7. The molecule has 2 unspecified atom stereocenters. The van der Waals surface area contributed by atoms with Crippen LogP contribution in [0.25, 0.3) is 0 Å². The van der Waals surface area contributed by atoms with Crippen molar-refractivity contribution in [2.45, 2.75) is 72.5 Å². The minimum absolute atomic E-state index is 0.170. The zero-order chi connectivity index (χ0) is 31.3. The molecule has 0 spiro atoms. The van der Waals surface area contributed by atoms with Crippen molar-refractivity contribution < 1.29 is 23.5 Å². The summed E-state index contributed by atoms with van der Waals surface area (Å²) in [5, 5.41) is 0.236. The summed E-state index contributed by atoms with van der Waals surface area (Å²) >= 11 is 1.57. The summed E-state index contributed by atoms with van der Waals surface area (Å²) < 4.78 is 23.6. The molecule has 0 aliphatic rings. The van der Waals surface area contributed by atoms with E-state index in [1.807, 2.05) is 51.1 Å². The van der Waals surface area contributed by atoms with E-state index in [1.165, 1.54) is 17.7 Å². The Morgan fingerprint density at radius 1 is 0.976 bits per heavy atom. The molecule has 2 rings (SSSR count). The van der Waals surface area contributed by atoms with Crippen LogP contribution in [0, 0.1) is 25.6 Å². The van der Waals surface area contributed by atoms with Crippen LogP contribution < -0.4 is 0 Å². The number of carbonyl (C=O) groups is 2. The monoisotopic (exact) mass is 596 g/mol. The highest BCUT2D eigenvalue weighted by molar-refractivity contribution is 8.00. The maximum atomic E-state index is 12.6. The lowest BCUT2D eigenvalue weighted by Gasteiger charge is -2.09. The fourth-order valence-corrected chi connectivity index (χ4v) is 4.34. The number of halogens is 1. The molecule has 230 valence electrons. The summed E-state index contributed by atoms with van der Waals surface area (Å²) in [6, 6.07) is 12.1. The Kier molecular flexibility index (Phi) is 19.2. The molecule has 0 bridgehead atoms. The largest absolute Gasteiger partial charge is 0.462 e. The zero-order valence-corrected chi connectivity index (χ0v) is 27.1. The highest BCUT2D eigenvalue weighted by Gasteiger charge is 2.08. The SMILES string of the molecule is C=C(/C=C\C=C/C(C)CC)COCCCCCOC(=O)c1ccc(C)c(C)c1.CC(=O)CSC(C)c1ccc(F)cc1. The quantitative estimate of drug-likeness (QED) is 0.103. The molecule has 42 heavy (non-hydrogen) atoms. The highest BCUT2D eigenvalue weighted by atomic mass is 32.2. The predicted molar refractivity (Wildman–Crippen MR) is 176 cm³/mol. The summed E-state index contributed by atoms with van der Waals surface area (Å²) in [7, 11) is 0. The number of ketones is 1. The molecule has 2 aromatic rings. The van der Waals surface area contributed by atoms with Crippen LogP contribution in [-0.4, -0.2) is 37.3 Å². The summed E-state index contributed by atoms with van der Waals surface area (Å²) in [5.41, 5.74) is 4.93. The van der Waals surface area contributed by atoms with Crippen LogP contribution in [0.3, 0.4) is 0 Å². The lowest BCUT2D eigenvalue weighted by molar-refractivity contribution is -0.114. The molecule has 4 nitrogen and oxygen atoms in total. The lowest BCUT2D eigenvalue weighted by Crippen LogP contribution is -2.07. The van der Waals surface area contributed by atoms with E-state index in [9.17, 15) is 14.0 Å². The number of esters is 1. The van der Waals surface area contributed by atoms with E-state index in [2.05, 4.69) is 32.6 Å². The molecule has 0 aliphatic carbocycles. The fraction of sp³-hybridized carbons (Fsp3) is 0.444. The molecular weight excluding hydrogens is 547 g/mol. The number of rotatable bonds is 17. The third-order valence-corrected chi connectivity index (χ3v) is 7.94. The highest BCUT2D eigenvalue weighted by Crippen LogP contribution is 2.27. The molecule has 0 radical (unpaired) electrons. The molecule has 0 heterocycles. The van der Waals surface area contributed by atoms with Gasteiger partial charge in [-0.15, -0.1) is 11.8 Å². The van der Waals surface area contributed by atoms with Gasteiger partial charge in [-0.1, -0.05) is 69.4 Å². The Balaban J connectivity index is 0.000000525. The normalized spacial score (nSPS) is 12.5. The first-order chi connectivity index (χ1) is 20.0. The minimum Gasteiger partial charge on any atom is -0.462 e. The standard InChI is InChI=1S/C25H36O3.C11H13FOS/c1-6-20(2)12-8-9-13-21(3)19-27-16-10-7-11-17-28-25(26)24-15-14-22(4)23(5)18-24;1-8(13)7-14-9(2)10-3-5-11(12)6-4-10/h8-9,12-15,18,20H,3,6-7,10-11,16-17,19H2,1-2,4-5H3;3-6,9H,7H2,1-2H3/b12-8-,13-9-;.